The zero-order chi connectivity index (χ0) is 22.3. The molecule has 4 aromatic rings. The number of nitrogens with zero attached hydrogens (tertiary/aromatic N) is 2. The van der Waals surface area contributed by atoms with Crippen molar-refractivity contribution in [3.8, 4) is 0 Å². The molecule has 0 N–H and O–H groups in total. The van der Waals surface area contributed by atoms with E-state index in [2.05, 4.69) is 4.90 Å². The van der Waals surface area contributed by atoms with Crippen LogP contribution in [-0.4, -0.2) is 23.8 Å². The first-order chi connectivity index (χ1) is 15.4. The predicted molar refractivity (Wildman–Crippen MR) is 130 cm³/mol. The number of benzene rings is 3. The summed E-state index contributed by atoms with van der Waals surface area (Å²) in [6, 6.07) is 24.7. The van der Waals surface area contributed by atoms with Crippen LogP contribution in [0, 0.1) is 6.92 Å². The smallest absolute Gasteiger partial charge is 0.268 e. The maximum absolute atomic E-state index is 13.8. The number of aromatic nitrogens is 1. The van der Waals surface area contributed by atoms with Gasteiger partial charge in [-0.3, -0.25) is 4.90 Å². The zero-order valence-corrected chi connectivity index (χ0v) is 19.5. The molecule has 6 heteroatoms. The van der Waals surface area contributed by atoms with Gasteiger partial charge in [-0.1, -0.05) is 65.7 Å². The van der Waals surface area contributed by atoms with Gasteiger partial charge in [-0.15, -0.1) is 0 Å². The summed E-state index contributed by atoms with van der Waals surface area (Å²) in [6.07, 6.45) is 1.92. The van der Waals surface area contributed by atoms with Crippen LogP contribution in [0.2, 0.25) is 5.02 Å². The lowest BCUT2D eigenvalue weighted by Gasteiger charge is -2.26. The van der Waals surface area contributed by atoms with Gasteiger partial charge in [0.1, 0.15) is 0 Å². The van der Waals surface area contributed by atoms with Crippen molar-refractivity contribution >= 4 is 32.5 Å². The first-order valence-corrected chi connectivity index (χ1v) is 12.7. The molecule has 1 aromatic heterocycles. The molecule has 0 bridgehead atoms. The molecule has 1 aliphatic heterocycles. The van der Waals surface area contributed by atoms with E-state index >= 15 is 0 Å². The Morgan fingerprint density at radius 2 is 1.69 bits per heavy atom. The SMILES string of the molecule is Cc1ccc(S(=O)(=O)n2c(C3CCCN3Cc3ccccc3Cl)cc3ccccc32)cc1. The first kappa shape index (κ1) is 21.3. The molecule has 3 aromatic carbocycles. The molecule has 1 unspecified atom stereocenters. The minimum Gasteiger partial charge on any atom is -0.291 e. The van der Waals surface area contributed by atoms with Gasteiger partial charge >= 0.3 is 0 Å². The molecular weight excluding hydrogens is 440 g/mol. The Labute approximate surface area is 194 Å². The monoisotopic (exact) mass is 464 g/mol. The lowest BCUT2D eigenvalue weighted by molar-refractivity contribution is 0.244. The first-order valence-electron chi connectivity index (χ1n) is 10.9. The Morgan fingerprint density at radius 3 is 2.47 bits per heavy atom. The fourth-order valence-corrected chi connectivity index (χ4v) is 6.43. The molecule has 0 amide bonds. The molecule has 0 aliphatic carbocycles. The van der Waals surface area contributed by atoms with E-state index < -0.39 is 10.0 Å². The van der Waals surface area contributed by atoms with E-state index in [1.54, 1.807) is 16.1 Å². The van der Waals surface area contributed by atoms with Gasteiger partial charge in [-0.2, -0.15) is 0 Å². The summed E-state index contributed by atoms with van der Waals surface area (Å²) in [4.78, 5) is 2.65. The van der Waals surface area contributed by atoms with Crippen molar-refractivity contribution < 1.29 is 8.42 Å². The van der Waals surface area contributed by atoms with Gasteiger partial charge in [0.25, 0.3) is 10.0 Å². The number of halogens is 1. The molecule has 164 valence electrons. The second-order valence-corrected chi connectivity index (χ2v) is 10.6. The fourth-order valence-electron chi connectivity index (χ4n) is 4.66. The Bertz CT molecular complexity index is 1380. The number of aryl methyl sites for hydroxylation is 1. The number of likely N-dealkylation sites (tertiary alicyclic amines) is 1. The van der Waals surface area contributed by atoms with Crippen molar-refractivity contribution in [2.24, 2.45) is 0 Å². The van der Waals surface area contributed by atoms with E-state index in [1.165, 1.54) is 0 Å². The van der Waals surface area contributed by atoms with Gasteiger partial charge in [0.2, 0.25) is 0 Å². The van der Waals surface area contributed by atoms with Gasteiger partial charge in [-0.05, 0) is 62.2 Å². The molecule has 4 nitrogen and oxygen atoms in total. The minimum atomic E-state index is -3.75. The third-order valence-electron chi connectivity index (χ3n) is 6.29. The zero-order valence-electron chi connectivity index (χ0n) is 17.9. The number of rotatable bonds is 5. The van der Waals surface area contributed by atoms with Crippen LogP contribution in [0.4, 0.5) is 0 Å². The summed E-state index contributed by atoms with van der Waals surface area (Å²) in [7, 11) is -3.75. The van der Waals surface area contributed by atoms with Crippen LogP contribution in [0.25, 0.3) is 10.9 Å². The van der Waals surface area contributed by atoms with E-state index in [0.29, 0.717) is 17.0 Å². The van der Waals surface area contributed by atoms with Gasteiger partial charge in [0, 0.05) is 17.0 Å². The predicted octanol–water partition coefficient (Wildman–Crippen LogP) is 6.18. The Morgan fingerprint density at radius 1 is 0.969 bits per heavy atom. The number of hydrogen-bond donors (Lipinski definition) is 0. The van der Waals surface area contributed by atoms with Crippen LogP contribution in [-0.2, 0) is 16.6 Å². The van der Waals surface area contributed by atoms with Crippen molar-refractivity contribution in [2.45, 2.75) is 37.2 Å². The second kappa shape index (κ2) is 8.39. The molecule has 0 radical (unpaired) electrons. The van der Waals surface area contributed by atoms with E-state index in [-0.39, 0.29) is 6.04 Å². The topological polar surface area (TPSA) is 42.3 Å². The normalized spacial score (nSPS) is 17.2. The summed E-state index contributed by atoms with van der Waals surface area (Å²) in [5.74, 6) is 0. The van der Waals surface area contributed by atoms with Crippen LogP contribution in [0.1, 0.15) is 35.7 Å². The lowest BCUT2D eigenvalue weighted by Crippen LogP contribution is -2.26. The highest BCUT2D eigenvalue weighted by Gasteiger charge is 2.33. The maximum Gasteiger partial charge on any atom is 0.268 e. The summed E-state index contributed by atoms with van der Waals surface area (Å²) >= 11 is 6.43. The third kappa shape index (κ3) is 3.75. The van der Waals surface area contributed by atoms with E-state index in [9.17, 15) is 8.42 Å². The highest BCUT2D eigenvalue weighted by Crippen LogP contribution is 2.38. The molecule has 1 fully saturated rings. The third-order valence-corrected chi connectivity index (χ3v) is 8.41. The molecule has 1 aliphatic rings. The summed E-state index contributed by atoms with van der Waals surface area (Å²) in [6.45, 7) is 3.55. The summed E-state index contributed by atoms with van der Waals surface area (Å²) < 4.78 is 29.2. The Hall–Kier alpha value is -2.60. The largest absolute Gasteiger partial charge is 0.291 e. The van der Waals surface area contributed by atoms with Crippen molar-refractivity contribution in [1.29, 1.82) is 0 Å². The average molecular weight is 465 g/mol. The van der Waals surface area contributed by atoms with Crippen LogP contribution < -0.4 is 0 Å². The van der Waals surface area contributed by atoms with Crippen molar-refractivity contribution in [1.82, 2.24) is 8.87 Å². The minimum absolute atomic E-state index is 0.00102. The summed E-state index contributed by atoms with van der Waals surface area (Å²) in [5.41, 5.74) is 3.62. The summed E-state index contributed by atoms with van der Waals surface area (Å²) in [5, 5.41) is 1.67. The molecule has 0 saturated carbocycles. The van der Waals surface area contributed by atoms with E-state index in [1.807, 2.05) is 73.7 Å². The lowest BCUT2D eigenvalue weighted by atomic mass is 10.1. The molecule has 1 saturated heterocycles. The molecule has 1 atom stereocenters. The highest BCUT2D eigenvalue weighted by molar-refractivity contribution is 7.90. The van der Waals surface area contributed by atoms with Crippen LogP contribution in [0.15, 0.2) is 83.8 Å². The van der Waals surface area contributed by atoms with E-state index in [0.717, 1.165) is 46.6 Å². The number of fused-ring (bicyclic) bond motifs is 1. The van der Waals surface area contributed by atoms with Crippen LogP contribution >= 0.6 is 11.6 Å². The molecule has 0 spiro atoms. The number of para-hydroxylation sites is 1. The van der Waals surface area contributed by atoms with Gasteiger partial charge in [0.15, 0.2) is 0 Å². The van der Waals surface area contributed by atoms with Crippen molar-refractivity contribution in [3.63, 3.8) is 0 Å². The van der Waals surface area contributed by atoms with Gasteiger partial charge < -0.3 is 0 Å². The van der Waals surface area contributed by atoms with Crippen LogP contribution in [0.5, 0.6) is 0 Å². The van der Waals surface area contributed by atoms with E-state index in [4.69, 9.17) is 11.6 Å². The van der Waals surface area contributed by atoms with Gasteiger partial charge in [-0.25, -0.2) is 12.4 Å². The molecule has 5 rings (SSSR count). The second-order valence-electron chi connectivity index (χ2n) is 8.43. The van der Waals surface area contributed by atoms with Crippen molar-refractivity contribution in [3.05, 3.63) is 101 Å². The molecule has 32 heavy (non-hydrogen) atoms. The van der Waals surface area contributed by atoms with Crippen molar-refractivity contribution in [2.75, 3.05) is 6.54 Å². The highest BCUT2D eigenvalue weighted by atomic mass is 35.5. The molecule has 2 heterocycles. The number of hydrogen-bond acceptors (Lipinski definition) is 3. The quantitative estimate of drug-likeness (QED) is 0.354. The molecular formula is C26H25ClN2O2S. The Kier molecular flexibility index (Phi) is 5.58. The maximum atomic E-state index is 13.8. The van der Waals surface area contributed by atoms with Crippen LogP contribution in [0.3, 0.4) is 0 Å². The fraction of sp³-hybridized carbons (Fsp3) is 0.231. The average Bonchev–Trinajstić information content (AvgIpc) is 3.40. The standard InChI is InChI=1S/C26H25ClN2O2S/c1-19-12-14-22(15-13-19)32(30,31)29-24-10-5-3-7-20(24)17-26(29)25-11-6-16-28(25)18-21-8-2-4-9-23(21)27/h2-5,7-10,12-15,17,25H,6,11,16,18H2,1H3. The Balaban J connectivity index is 1.63. The van der Waals surface area contributed by atoms with Gasteiger partial charge in [0.05, 0.1) is 22.1 Å².